The average Bonchev–Trinajstić information content (AvgIpc) is 2.71. The Bertz CT molecular complexity index is 908. The normalized spacial score (nSPS) is 12.4. The van der Waals surface area contributed by atoms with Crippen molar-refractivity contribution in [2.24, 2.45) is 11.6 Å². The van der Waals surface area contributed by atoms with Crippen molar-refractivity contribution in [3.63, 3.8) is 0 Å². The van der Waals surface area contributed by atoms with Crippen LogP contribution in [0.15, 0.2) is 109 Å². The first-order chi connectivity index (χ1) is 13.6. The Labute approximate surface area is 167 Å². The van der Waals surface area contributed by atoms with E-state index in [4.69, 9.17) is 16.3 Å². The molecule has 0 fully saturated rings. The van der Waals surface area contributed by atoms with Gasteiger partial charge in [-0.3, -0.25) is 5.84 Å². The predicted octanol–water partition coefficient (Wildman–Crippen LogP) is 4.60. The number of hydrogen-bond acceptors (Lipinski definition) is 4. The van der Waals surface area contributed by atoms with Crippen LogP contribution < -0.4 is 21.7 Å². The van der Waals surface area contributed by atoms with Crippen molar-refractivity contribution >= 4 is 5.70 Å². The topological polar surface area (TPSA) is 73.3 Å². The molecule has 2 rings (SSSR count). The molecule has 2 aromatic carbocycles. The van der Waals surface area contributed by atoms with E-state index >= 15 is 0 Å². The Kier molecular flexibility index (Phi) is 7.88. The predicted molar refractivity (Wildman–Crippen MR) is 118 cm³/mol. The maximum absolute atomic E-state index is 6.09. The number of nitrogens with one attached hydrogen (secondary N) is 1. The van der Waals surface area contributed by atoms with Crippen molar-refractivity contribution in [1.29, 1.82) is 0 Å². The molecule has 0 bridgehead atoms. The van der Waals surface area contributed by atoms with Gasteiger partial charge in [0.05, 0.1) is 5.70 Å². The SMILES string of the molecule is C=C/C=C(\C=C/N)C(/C(=C)C)=C(/NN)c1ccccc1OCc1ccccc1. The Balaban J connectivity index is 2.54. The molecule has 144 valence electrons. The number of rotatable bonds is 9. The molecule has 4 nitrogen and oxygen atoms in total. The summed E-state index contributed by atoms with van der Waals surface area (Å²) in [6, 6.07) is 17.7. The second kappa shape index (κ2) is 10.6. The van der Waals surface area contributed by atoms with Crippen molar-refractivity contribution in [3.8, 4) is 5.75 Å². The molecule has 0 aromatic heterocycles. The van der Waals surface area contributed by atoms with Crippen LogP contribution in [-0.2, 0) is 6.61 Å². The second-order valence-electron chi connectivity index (χ2n) is 6.16. The van der Waals surface area contributed by atoms with Crippen LogP contribution in [0.5, 0.6) is 5.75 Å². The molecule has 0 spiro atoms. The van der Waals surface area contributed by atoms with Crippen LogP contribution in [0.2, 0.25) is 0 Å². The molecular formula is C24H27N3O. The summed E-state index contributed by atoms with van der Waals surface area (Å²) in [7, 11) is 0. The lowest BCUT2D eigenvalue weighted by Gasteiger charge is -2.19. The summed E-state index contributed by atoms with van der Waals surface area (Å²) >= 11 is 0. The third-order valence-corrected chi connectivity index (χ3v) is 4.08. The van der Waals surface area contributed by atoms with Crippen LogP contribution in [0.25, 0.3) is 5.70 Å². The van der Waals surface area contributed by atoms with Crippen LogP contribution >= 0.6 is 0 Å². The van der Waals surface area contributed by atoms with Gasteiger partial charge in [0, 0.05) is 11.1 Å². The lowest BCUT2D eigenvalue weighted by Crippen LogP contribution is -2.23. The Hall–Kier alpha value is -3.50. The zero-order valence-corrected chi connectivity index (χ0v) is 16.2. The number of benzene rings is 2. The van der Waals surface area contributed by atoms with Gasteiger partial charge in [-0.15, -0.1) is 0 Å². The first-order valence-corrected chi connectivity index (χ1v) is 8.96. The fourth-order valence-electron chi connectivity index (χ4n) is 2.88. The van der Waals surface area contributed by atoms with Gasteiger partial charge in [-0.2, -0.15) is 0 Å². The highest BCUT2D eigenvalue weighted by molar-refractivity contribution is 5.79. The first-order valence-electron chi connectivity index (χ1n) is 8.96. The van der Waals surface area contributed by atoms with Gasteiger partial charge in [0.2, 0.25) is 0 Å². The maximum atomic E-state index is 6.09. The molecule has 4 heteroatoms. The molecule has 0 saturated carbocycles. The largest absolute Gasteiger partial charge is 0.488 e. The van der Waals surface area contributed by atoms with Crippen LogP contribution in [0, 0.1) is 0 Å². The molecule has 0 saturated heterocycles. The van der Waals surface area contributed by atoms with Crippen molar-refractivity contribution < 1.29 is 4.74 Å². The molecule has 0 heterocycles. The number of ether oxygens (including phenoxy) is 1. The van der Waals surface area contributed by atoms with Gasteiger partial charge in [0.1, 0.15) is 12.4 Å². The summed E-state index contributed by atoms with van der Waals surface area (Å²) in [5, 5.41) is 0. The molecule has 0 aliphatic heterocycles. The summed E-state index contributed by atoms with van der Waals surface area (Å²) in [6.45, 7) is 10.3. The summed E-state index contributed by atoms with van der Waals surface area (Å²) < 4.78 is 6.09. The Morgan fingerprint density at radius 1 is 1.11 bits per heavy atom. The minimum atomic E-state index is 0.455. The van der Waals surface area contributed by atoms with Crippen LogP contribution in [0.3, 0.4) is 0 Å². The van der Waals surface area contributed by atoms with E-state index in [1.807, 2.05) is 67.6 Å². The smallest absolute Gasteiger partial charge is 0.129 e. The summed E-state index contributed by atoms with van der Waals surface area (Å²) in [5.74, 6) is 6.65. The minimum Gasteiger partial charge on any atom is -0.488 e. The van der Waals surface area contributed by atoms with Crippen molar-refractivity contribution in [3.05, 3.63) is 120 Å². The summed E-state index contributed by atoms with van der Waals surface area (Å²) in [4.78, 5) is 0. The van der Waals surface area contributed by atoms with E-state index in [9.17, 15) is 0 Å². The quantitative estimate of drug-likeness (QED) is 0.341. The molecule has 0 atom stereocenters. The molecule has 0 amide bonds. The third kappa shape index (κ3) is 5.25. The van der Waals surface area contributed by atoms with Crippen molar-refractivity contribution in [1.82, 2.24) is 5.43 Å². The summed E-state index contributed by atoms with van der Waals surface area (Å²) in [6.07, 6.45) is 6.82. The minimum absolute atomic E-state index is 0.455. The summed E-state index contributed by atoms with van der Waals surface area (Å²) in [5.41, 5.74) is 13.6. The monoisotopic (exact) mass is 373 g/mol. The van der Waals surface area contributed by atoms with Gasteiger partial charge in [0.25, 0.3) is 0 Å². The van der Waals surface area contributed by atoms with Crippen LogP contribution in [-0.4, -0.2) is 0 Å². The maximum Gasteiger partial charge on any atom is 0.129 e. The standard InChI is InChI=1S/C24H27N3O/c1-4-10-20(15-16-25)23(18(2)3)24(27-26)21-13-8-9-14-22(21)28-17-19-11-6-5-7-12-19/h4-16,27H,1-2,17,25-26H2,3H3/b16-15-,20-10+,24-23+. The molecule has 0 unspecified atom stereocenters. The lowest BCUT2D eigenvalue weighted by atomic mass is 9.93. The zero-order valence-electron chi connectivity index (χ0n) is 16.2. The van der Waals surface area contributed by atoms with E-state index in [1.54, 1.807) is 12.2 Å². The van der Waals surface area contributed by atoms with Crippen molar-refractivity contribution in [2.75, 3.05) is 0 Å². The van der Waals surface area contributed by atoms with Gasteiger partial charge >= 0.3 is 0 Å². The molecule has 0 aliphatic rings. The van der Waals surface area contributed by atoms with Gasteiger partial charge in [-0.25, -0.2) is 0 Å². The molecule has 2 aromatic rings. The van der Waals surface area contributed by atoms with Crippen molar-refractivity contribution in [2.45, 2.75) is 13.5 Å². The van der Waals surface area contributed by atoms with E-state index in [1.165, 1.54) is 6.20 Å². The molecule has 0 radical (unpaired) electrons. The molecule has 5 N–H and O–H groups in total. The van der Waals surface area contributed by atoms with E-state index in [-0.39, 0.29) is 0 Å². The van der Waals surface area contributed by atoms with E-state index in [0.29, 0.717) is 18.1 Å². The fraction of sp³-hybridized carbons (Fsp3) is 0.0833. The molecule has 28 heavy (non-hydrogen) atoms. The molecule has 0 aliphatic carbocycles. The van der Waals surface area contributed by atoms with Gasteiger partial charge in [-0.05, 0) is 48.0 Å². The highest BCUT2D eigenvalue weighted by atomic mass is 16.5. The van der Waals surface area contributed by atoms with Gasteiger partial charge in [0.15, 0.2) is 0 Å². The first kappa shape index (κ1) is 20.8. The Morgan fingerprint density at radius 2 is 1.79 bits per heavy atom. The highest BCUT2D eigenvalue weighted by Gasteiger charge is 2.16. The second-order valence-corrected chi connectivity index (χ2v) is 6.16. The number of hydrogen-bond donors (Lipinski definition) is 3. The fourth-order valence-corrected chi connectivity index (χ4v) is 2.88. The van der Waals surface area contributed by atoms with E-state index in [2.05, 4.69) is 18.6 Å². The van der Waals surface area contributed by atoms with E-state index in [0.717, 1.165) is 27.8 Å². The lowest BCUT2D eigenvalue weighted by molar-refractivity contribution is 0.305. The third-order valence-electron chi connectivity index (χ3n) is 4.08. The molecular weight excluding hydrogens is 346 g/mol. The number of nitrogens with two attached hydrogens (primary N) is 2. The zero-order chi connectivity index (χ0) is 20.4. The number of allylic oxidation sites excluding steroid dienone is 6. The van der Waals surface area contributed by atoms with Gasteiger partial charge < -0.3 is 15.9 Å². The van der Waals surface area contributed by atoms with E-state index < -0.39 is 0 Å². The Morgan fingerprint density at radius 3 is 2.39 bits per heavy atom. The average molecular weight is 374 g/mol. The number of hydrazine groups is 1. The van der Waals surface area contributed by atoms with Crippen LogP contribution in [0.1, 0.15) is 18.1 Å². The number of para-hydroxylation sites is 1. The van der Waals surface area contributed by atoms with Gasteiger partial charge in [-0.1, -0.05) is 67.8 Å². The van der Waals surface area contributed by atoms with Crippen LogP contribution in [0.4, 0.5) is 0 Å². The highest BCUT2D eigenvalue weighted by Crippen LogP contribution is 2.32.